The molecule has 0 atom stereocenters. The molecule has 4 N–H and O–H groups in total. The molecular weight excluding hydrogens is 188 g/mol. The molecule has 0 fully saturated rings. The average molecular weight is 200 g/mol. The topological polar surface area (TPSA) is 107 Å². The summed E-state index contributed by atoms with van der Waals surface area (Å²) < 4.78 is 0. The summed E-state index contributed by atoms with van der Waals surface area (Å²) in [6.45, 7) is 0. The van der Waals surface area contributed by atoms with E-state index in [0.717, 1.165) is 0 Å². The molecule has 0 aliphatic heterocycles. The third kappa shape index (κ3) is 6.58. The number of hydrogen-bond donors (Lipinski definition) is 4. The molecule has 0 radical (unpaired) electrons. The van der Waals surface area contributed by atoms with Crippen molar-refractivity contribution in [3.63, 3.8) is 0 Å². The molecule has 0 unspecified atom stereocenters. The first-order valence-corrected chi connectivity index (χ1v) is 3.71. The highest BCUT2D eigenvalue weighted by Crippen LogP contribution is 1.62. The molecular formula is C6H12N6O2. The molecule has 0 saturated carbocycles. The molecule has 0 heterocycles. The summed E-state index contributed by atoms with van der Waals surface area (Å²) in [5.41, 5.74) is 4.27. The van der Waals surface area contributed by atoms with E-state index < -0.39 is 12.1 Å². The molecule has 0 saturated heterocycles. The Morgan fingerprint density at radius 1 is 0.929 bits per heavy atom. The van der Waals surface area contributed by atoms with E-state index in [4.69, 9.17) is 0 Å². The highest BCUT2D eigenvalue weighted by atomic mass is 16.2. The minimum absolute atomic E-state index is 0.436. The summed E-state index contributed by atoms with van der Waals surface area (Å²) in [5.74, 6) is 0. The summed E-state index contributed by atoms with van der Waals surface area (Å²) in [6, 6.07) is -0.872. The first-order valence-electron chi connectivity index (χ1n) is 3.71. The van der Waals surface area contributed by atoms with Gasteiger partial charge in [-0.1, -0.05) is 0 Å². The number of urea groups is 2. The first kappa shape index (κ1) is 11.9. The lowest BCUT2D eigenvalue weighted by Crippen LogP contribution is -2.29. The fraction of sp³-hybridized carbons (Fsp3) is 0.333. The second-order valence-electron chi connectivity index (χ2n) is 1.94. The number of rotatable bonds is 3. The molecule has 0 rings (SSSR count). The van der Waals surface area contributed by atoms with Crippen molar-refractivity contribution in [2.45, 2.75) is 0 Å². The average Bonchev–Trinajstić information content (AvgIpc) is 2.22. The first-order chi connectivity index (χ1) is 6.70. The van der Waals surface area contributed by atoms with Gasteiger partial charge in [-0.2, -0.15) is 10.2 Å². The molecule has 0 bridgehead atoms. The van der Waals surface area contributed by atoms with Gasteiger partial charge in [0, 0.05) is 14.1 Å². The molecule has 0 aromatic rings. The number of nitrogens with one attached hydrogen (secondary N) is 4. The largest absolute Gasteiger partial charge is 0.340 e. The number of hydrogen-bond acceptors (Lipinski definition) is 4. The van der Waals surface area contributed by atoms with Crippen molar-refractivity contribution in [1.29, 1.82) is 0 Å². The van der Waals surface area contributed by atoms with Crippen molar-refractivity contribution in [1.82, 2.24) is 21.5 Å². The number of carbonyl (C=O) groups excluding carboxylic acids is 2. The Kier molecular flexibility index (Phi) is 6.39. The van der Waals surface area contributed by atoms with Crippen LogP contribution >= 0.6 is 0 Å². The summed E-state index contributed by atoms with van der Waals surface area (Å²) in [5, 5.41) is 11.5. The number of amides is 4. The fourth-order valence-corrected chi connectivity index (χ4v) is 0.370. The summed E-state index contributed by atoms with van der Waals surface area (Å²) in [4.78, 5) is 21.1. The van der Waals surface area contributed by atoms with E-state index in [1.165, 1.54) is 26.5 Å². The molecule has 0 aromatic carbocycles. The lowest BCUT2D eigenvalue weighted by Gasteiger charge is -1.94. The minimum Gasteiger partial charge on any atom is -0.340 e. The van der Waals surface area contributed by atoms with Gasteiger partial charge >= 0.3 is 12.1 Å². The van der Waals surface area contributed by atoms with Crippen molar-refractivity contribution in [2.75, 3.05) is 14.1 Å². The summed E-state index contributed by atoms with van der Waals surface area (Å²) in [7, 11) is 2.93. The van der Waals surface area contributed by atoms with Gasteiger partial charge in [-0.15, -0.1) is 0 Å². The second-order valence-corrected chi connectivity index (χ2v) is 1.94. The summed E-state index contributed by atoms with van der Waals surface area (Å²) in [6.07, 6.45) is 2.43. The van der Waals surface area contributed by atoms with Gasteiger partial charge in [0.1, 0.15) is 0 Å². The molecule has 0 aromatic heterocycles. The Morgan fingerprint density at radius 3 is 1.57 bits per heavy atom. The minimum atomic E-state index is -0.436. The third-order valence-electron chi connectivity index (χ3n) is 1.00. The fourth-order valence-electron chi connectivity index (χ4n) is 0.370. The summed E-state index contributed by atoms with van der Waals surface area (Å²) >= 11 is 0. The van der Waals surface area contributed by atoms with E-state index in [0.29, 0.717) is 0 Å². The molecule has 8 heteroatoms. The van der Waals surface area contributed by atoms with Crippen LogP contribution in [0.3, 0.4) is 0 Å². The van der Waals surface area contributed by atoms with E-state index in [9.17, 15) is 9.59 Å². The van der Waals surface area contributed by atoms with Crippen molar-refractivity contribution in [3.05, 3.63) is 0 Å². The van der Waals surface area contributed by atoms with Gasteiger partial charge in [-0.3, -0.25) is 0 Å². The van der Waals surface area contributed by atoms with Gasteiger partial charge < -0.3 is 10.6 Å². The monoisotopic (exact) mass is 200 g/mol. The van der Waals surface area contributed by atoms with Crippen LogP contribution in [-0.4, -0.2) is 38.6 Å². The zero-order valence-corrected chi connectivity index (χ0v) is 7.87. The Morgan fingerprint density at radius 2 is 1.29 bits per heavy atom. The van der Waals surface area contributed by atoms with Crippen LogP contribution in [0.1, 0.15) is 0 Å². The Bertz CT molecular complexity index is 223. The maximum absolute atomic E-state index is 10.5. The maximum atomic E-state index is 10.5. The molecule has 8 nitrogen and oxygen atoms in total. The van der Waals surface area contributed by atoms with E-state index in [1.807, 2.05) is 0 Å². The van der Waals surface area contributed by atoms with Crippen molar-refractivity contribution >= 4 is 24.5 Å². The van der Waals surface area contributed by atoms with Crippen molar-refractivity contribution in [2.24, 2.45) is 10.2 Å². The predicted octanol–water partition coefficient (Wildman–Crippen LogP) is -1.18. The SMILES string of the molecule is CNC(=O)NN=CC=NNC(=O)NC. The van der Waals surface area contributed by atoms with E-state index in [1.54, 1.807) is 0 Å². The number of nitrogens with zero attached hydrogens (tertiary/aromatic N) is 2. The van der Waals surface area contributed by atoms with E-state index in [-0.39, 0.29) is 0 Å². The highest BCUT2D eigenvalue weighted by molar-refractivity contribution is 6.16. The Hall–Kier alpha value is -2.12. The van der Waals surface area contributed by atoms with Crippen molar-refractivity contribution < 1.29 is 9.59 Å². The molecule has 0 aliphatic carbocycles. The van der Waals surface area contributed by atoms with Crippen LogP contribution < -0.4 is 21.5 Å². The van der Waals surface area contributed by atoms with Crippen LogP contribution in [0.5, 0.6) is 0 Å². The molecule has 14 heavy (non-hydrogen) atoms. The Balaban J connectivity index is 3.60. The zero-order chi connectivity index (χ0) is 10.8. The second kappa shape index (κ2) is 7.53. The van der Waals surface area contributed by atoms with E-state index in [2.05, 4.69) is 31.7 Å². The van der Waals surface area contributed by atoms with Gasteiger partial charge in [-0.05, 0) is 0 Å². The van der Waals surface area contributed by atoms with Gasteiger partial charge in [-0.25, -0.2) is 20.4 Å². The predicted molar refractivity (Wildman–Crippen MR) is 52.2 cm³/mol. The molecule has 0 aliphatic rings. The van der Waals surface area contributed by atoms with Crippen LogP contribution in [0.4, 0.5) is 9.59 Å². The van der Waals surface area contributed by atoms with Crippen LogP contribution in [0, 0.1) is 0 Å². The number of carbonyl (C=O) groups is 2. The third-order valence-corrected chi connectivity index (χ3v) is 1.00. The lowest BCUT2D eigenvalue weighted by molar-refractivity contribution is 0.242. The van der Waals surface area contributed by atoms with Gasteiger partial charge in [0.2, 0.25) is 0 Å². The van der Waals surface area contributed by atoms with Crippen LogP contribution in [0.25, 0.3) is 0 Å². The smallest absolute Gasteiger partial charge is 0.334 e. The standard InChI is InChI=1S/C6H12N6O2/c1-7-5(13)11-9-3-4-10-12-6(14)8-2/h3-4H,1-2H3,(H2,7,11,13)(H2,8,12,14). The van der Waals surface area contributed by atoms with Gasteiger partial charge in [0.25, 0.3) is 0 Å². The molecule has 4 amide bonds. The quantitative estimate of drug-likeness (QED) is 0.340. The Labute approximate surface area is 80.8 Å². The zero-order valence-electron chi connectivity index (χ0n) is 7.87. The van der Waals surface area contributed by atoms with Crippen LogP contribution in [-0.2, 0) is 0 Å². The van der Waals surface area contributed by atoms with Crippen LogP contribution in [0.2, 0.25) is 0 Å². The number of hydrazone groups is 2. The highest BCUT2D eigenvalue weighted by Gasteiger charge is 1.88. The van der Waals surface area contributed by atoms with E-state index >= 15 is 0 Å². The van der Waals surface area contributed by atoms with Gasteiger partial charge in [0.15, 0.2) is 0 Å². The van der Waals surface area contributed by atoms with Crippen LogP contribution in [0.15, 0.2) is 10.2 Å². The molecule has 0 spiro atoms. The van der Waals surface area contributed by atoms with Gasteiger partial charge in [0.05, 0.1) is 12.4 Å². The maximum Gasteiger partial charge on any atom is 0.334 e. The lowest BCUT2D eigenvalue weighted by atomic mass is 10.8. The normalized spacial score (nSPS) is 10.1. The van der Waals surface area contributed by atoms with Crippen molar-refractivity contribution in [3.8, 4) is 0 Å². The molecule has 78 valence electrons.